The number of benzene rings is 1. The predicted molar refractivity (Wildman–Crippen MR) is 86.3 cm³/mol. The zero-order valence-electron chi connectivity index (χ0n) is 13.1. The van der Waals surface area contributed by atoms with Crippen molar-refractivity contribution in [2.24, 2.45) is 0 Å². The number of methoxy groups -OCH3 is 2. The van der Waals surface area contributed by atoms with E-state index in [0.29, 0.717) is 6.42 Å². The summed E-state index contributed by atoms with van der Waals surface area (Å²) in [5.41, 5.74) is 2.40. The van der Waals surface area contributed by atoms with Crippen LogP contribution in [0.1, 0.15) is 38.2 Å². The van der Waals surface area contributed by atoms with Gasteiger partial charge in [-0.2, -0.15) is 0 Å². The number of allylic oxidation sites excluding steroid dienone is 3. The molecule has 0 fully saturated rings. The van der Waals surface area contributed by atoms with Crippen LogP contribution in [0.2, 0.25) is 0 Å². The minimum Gasteiger partial charge on any atom is -0.497 e. The molecule has 0 aromatic heterocycles. The number of hydrogen-bond acceptors (Lipinski definition) is 3. The third-order valence-corrected chi connectivity index (χ3v) is 3.19. The fraction of sp³-hybridized carbons (Fsp3) is 0.389. The van der Waals surface area contributed by atoms with E-state index >= 15 is 0 Å². The molecular weight excluding hydrogens is 264 g/mol. The fourth-order valence-electron chi connectivity index (χ4n) is 1.95. The summed E-state index contributed by atoms with van der Waals surface area (Å²) in [4.78, 5) is 11.1. The first-order valence-electron chi connectivity index (χ1n) is 7.28. The molecule has 0 unspecified atom stereocenters. The Kier molecular flexibility index (Phi) is 7.95. The van der Waals surface area contributed by atoms with Crippen molar-refractivity contribution in [1.82, 2.24) is 0 Å². The molecule has 1 aromatic carbocycles. The molecule has 0 N–H and O–H groups in total. The van der Waals surface area contributed by atoms with E-state index in [9.17, 15) is 4.79 Å². The first kappa shape index (κ1) is 17.0. The zero-order valence-corrected chi connectivity index (χ0v) is 13.1. The molecule has 3 heteroatoms. The Morgan fingerprint density at radius 1 is 1.29 bits per heavy atom. The van der Waals surface area contributed by atoms with Crippen LogP contribution in [0.5, 0.6) is 5.75 Å². The number of unbranched alkanes of at least 4 members (excludes halogenated alkanes) is 1. The first-order valence-corrected chi connectivity index (χ1v) is 7.28. The van der Waals surface area contributed by atoms with E-state index in [0.717, 1.165) is 30.6 Å². The van der Waals surface area contributed by atoms with Crippen molar-refractivity contribution in [3.63, 3.8) is 0 Å². The number of esters is 1. The Balaban J connectivity index is 2.85. The Hall–Kier alpha value is -2.03. The van der Waals surface area contributed by atoms with Crippen LogP contribution < -0.4 is 4.74 Å². The van der Waals surface area contributed by atoms with E-state index in [1.807, 2.05) is 30.4 Å². The number of carbonyl (C=O) groups excluding carboxylic acids is 1. The average Bonchev–Trinajstić information content (AvgIpc) is 2.53. The second-order valence-electron chi connectivity index (χ2n) is 4.74. The second-order valence-corrected chi connectivity index (χ2v) is 4.74. The van der Waals surface area contributed by atoms with Crippen molar-refractivity contribution >= 4 is 11.5 Å². The van der Waals surface area contributed by atoms with Gasteiger partial charge < -0.3 is 9.47 Å². The number of hydrogen-bond donors (Lipinski definition) is 0. The molecule has 0 amide bonds. The summed E-state index contributed by atoms with van der Waals surface area (Å²) in [6, 6.07) is 8.05. The SMILES string of the molecule is CCCC/C(=C\C=C\CC(=O)OC)c1cccc(OC)c1. The molecule has 3 nitrogen and oxygen atoms in total. The fourth-order valence-corrected chi connectivity index (χ4v) is 1.95. The van der Waals surface area contributed by atoms with Crippen molar-refractivity contribution in [1.29, 1.82) is 0 Å². The van der Waals surface area contributed by atoms with Gasteiger partial charge in [-0.1, -0.05) is 43.7 Å². The lowest BCUT2D eigenvalue weighted by atomic mass is 9.99. The Morgan fingerprint density at radius 2 is 2.10 bits per heavy atom. The first-order chi connectivity index (χ1) is 10.2. The lowest BCUT2D eigenvalue weighted by Gasteiger charge is -2.08. The maximum Gasteiger partial charge on any atom is 0.309 e. The Labute approximate surface area is 127 Å². The lowest BCUT2D eigenvalue weighted by molar-refractivity contribution is -0.139. The molecule has 1 rings (SSSR count). The predicted octanol–water partition coefficient (Wildman–Crippen LogP) is 4.39. The van der Waals surface area contributed by atoms with Crippen LogP contribution in [0.4, 0.5) is 0 Å². The van der Waals surface area contributed by atoms with E-state index in [4.69, 9.17) is 4.74 Å². The highest BCUT2D eigenvalue weighted by Gasteiger charge is 2.02. The van der Waals surface area contributed by atoms with Gasteiger partial charge in [0.15, 0.2) is 0 Å². The van der Waals surface area contributed by atoms with Gasteiger partial charge in [0.2, 0.25) is 0 Å². The monoisotopic (exact) mass is 288 g/mol. The van der Waals surface area contributed by atoms with Crippen LogP contribution in [-0.4, -0.2) is 20.2 Å². The largest absolute Gasteiger partial charge is 0.497 e. The highest BCUT2D eigenvalue weighted by atomic mass is 16.5. The van der Waals surface area contributed by atoms with E-state index in [1.54, 1.807) is 7.11 Å². The number of carbonyl (C=O) groups is 1. The van der Waals surface area contributed by atoms with Crippen LogP contribution >= 0.6 is 0 Å². The normalized spacial score (nSPS) is 11.7. The molecular formula is C18H24O3. The van der Waals surface area contributed by atoms with E-state index in [2.05, 4.69) is 23.8 Å². The van der Waals surface area contributed by atoms with Gasteiger partial charge >= 0.3 is 5.97 Å². The molecule has 0 saturated heterocycles. The summed E-state index contributed by atoms with van der Waals surface area (Å²) in [5.74, 6) is 0.629. The number of rotatable bonds is 8. The van der Waals surface area contributed by atoms with Gasteiger partial charge in [0.05, 0.1) is 20.6 Å². The molecule has 0 saturated carbocycles. The van der Waals surface area contributed by atoms with Crippen LogP contribution in [0, 0.1) is 0 Å². The van der Waals surface area contributed by atoms with Crippen molar-refractivity contribution in [3.8, 4) is 5.75 Å². The van der Waals surface area contributed by atoms with E-state index < -0.39 is 0 Å². The van der Waals surface area contributed by atoms with Gasteiger partial charge in [-0.25, -0.2) is 0 Å². The van der Waals surface area contributed by atoms with Crippen molar-refractivity contribution < 1.29 is 14.3 Å². The minimum absolute atomic E-state index is 0.226. The minimum atomic E-state index is -0.226. The smallest absolute Gasteiger partial charge is 0.309 e. The Morgan fingerprint density at radius 3 is 2.76 bits per heavy atom. The molecule has 114 valence electrons. The molecule has 1 aromatic rings. The number of ether oxygens (including phenoxy) is 2. The second kappa shape index (κ2) is 9.81. The molecule has 0 aliphatic carbocycles. The van der Waals surface area contributed by atoms with Gasteiger partial charge in [-0.05, 0) is 36.1 Å². The van der Waals surface area contributed by atoms with E-state index in [-0.39, 0.29) is 5.97 Å². The van der Waals surface area contributed by atoms with Crippen LogP contribution in [0.3, 0.4) is 0 Å². The third kappa shape index (κ3) is 6.30. The van der Waals surface area contributed by atoms with Gasteiger partial charge in [0.25, 0.3) is 0 Å². The third-order valence-electron chi connectivity index (χ3n) is 3.19. The van der Waals surface area contributed by atoms with Crippen LogP contribution in [0.15, 0.2) is 42.5 Å². The molecule has 0 aliphatic heterocycles. The lowest BCUT2D eigenvalue weighted by Crippen LogP contribution is -1.96. The van der Waals surface area contributed by atoms with Gasteiger partial charge in [-0.15, -0.1) is 0 Å². The Bertz CT molecular complexity index is 501. The summed E-state index contributed by atoms with van der Waals surface area (Å²) < 4.78 is 9.88. The summed E-state index contributed by atoms with van der Waals surface area (Å²) in [7, 11) is 3.07. The molecule has 0 heterocycles. The summed E-state index contributed by atoms with van der Waals surface area (Å²) in [6.07, 6.45) is 9.38. The molecule has 0 aliphatic rings. The highest BCUT2D eigenvalue weighted by Crippen LogP contribution is 2.24. The highest BCUT2D eigenvalue weighted by molar-refractivity contribution is 5.71. The van der Waals surface area contributed by atoms with Gasteiger partial charge in [0, 0.05) is 0 Å². The standard InChI is InChI=1S/C18H24O3/c1-4-5-9-15(10-6-7-13-18(19)21-3)16-11-8-12-17(14-16)20-2/h6-8,10-12,14H,4-5,9,13H2,1-3H3/b7-6+,15-10+. The van der Waals surface area contributed by atoms with Crippen LogP contribution in [0.25, 0.3) is 5.57 Å². The topological polar surface area (TPSA) is 35.5 Å². The summed E-state index contributed by atoms with van der Waals surface area (Å²) in [6.45, 7) is 2.18. The molecule has 0 spiro atoms. The van der Waals surface area contributed by atoms with Crippen molar-refractivity contribution in [2.75, 3.05) is 14.2 Å². The summed E-state index contributed by atoms with van der Waals surface area (Å²) in [5, 5.41) is 0. The average molecular weight is 288 g/mol. The van der Waals surface area contributed by atoms with E-state index in [1.165, 1.54) is 12.7 Å². The summed E-state index contributed by atoms with van der Waals surface area (Å²) >= 11 is 0. The van der Waals surface area contributed by atoms with Crippen molar-refractivity contribution in [3.05, 3.63) is 48.1 Å². The maximum absolute atomic E-state index is 11.1. The maximum atomic E-state index is 11.1. The van der Waals surface area contributed by atoms with Gasteiger partial charge in [-0.3, -0.25) is 4.79 Å². The zero-order chi connectivity index (χ0) is 15.5. The van der Waals surface area contributed by atoms with Crippen LogP contribution in [-0.2, 0) is 9.53 Å². The van der Waals surface area contributed by atoms with Gasteiger partial charge in [0.1, 0.15) is 5.75 Å². The van der Waals surface area contributed by atoms with Crippen molar-refractivity contribution in [2.45, 2.75) is 32.6 Å². The molecule has 0 atom stereocenters. The molecule has 0 bridgehead atoms. The molecule has 0 radical (unpaired) electrons. The molecule has 21 heavy (non-hydrogen) atoms. The quantitative estimate of drug-likeness (QED) is 0.526.